The highest BCUT2D eigenvalue weighted by Crippen LogP contribution is 2.19. The average Bonchev–Trinajstić information content (AvgIpc) is 2.74. The van der Waals surface area contributed by atoms with Gasteiger partial charge in [0, 0.05) is 0 Å². The summed E-state index contributed by atoms with van der Waals surface area (Å²) in [6.07, 6.45) is 5.38. The van der Waals surface area contributed by atoms with Crippen LogP contribution < -0.4 is 10.6 Å². The van der Waals surface area contributed by atoms with Crippen LogP contribution in [0.4, 0.5) is 4.79 Å². The topological polar surface area (TPSA) is 58.2 Å². The van der Waals surface area contributed by atoms with Gasteiger partial charge in [-0.3, -0.25) is 10.1 Å². The third-order valence-electron chi connectivity index (χ3n) is 2.92. The van der Waals surface area contributed by atoms with Gasteiger partial charge in [-0.05, 0) is 36.8 Å². The first-order valence-corrected chi connectivity index (χ1v) is 5.90. The molecule has 2 N–H and O–H groups in total. The van der Waals surface area contributed by atoms with Crippen LogP contribution in [-0.2, 0) is 17.6 Å². The van der Waals surface area contributed by atoms with E-state index >= 15 is 0 Å². The molecule has 2 aliphatic rings. The molecular weight excluding hydrogens is 216 g/mol. The van der Waals surface area contributed by atoms with Gasteiger partial charge in [0.25, 0.3) is 0 Å². The molecule has 0 unspecified atom stereocenters. The first-order valence-electron chi connectivity index (χ1n) is 5.90. The third-order valence-corrected chi connectivity index (χ3v) is 2.92. The van der Waals surface area contributed by atoms with Gasteiger partial charge >= 0.3 is 6.03 Å². The number of nitrogens with one attached hydrogen (secondary N) is 2. The molecule has 0 aromatic heterocycles. The summed E-state index contributed by atoms with van der Waals surface area (Å²) < 4.78 is 0. The molecule has 1 aromatic carbocycles. The number of rotatable bonds is 0. The molecule has 0 saturated carbocycles. The number of hydrogen-bond donors (Lipinski definition) is 2. The monoisotopic (exact) mass is 232 g/mol. The number of hydrogen-bond acceptors (Lipinski definition) is 2. The van der Waals surface area contributed by atoms with E-state index in [1.54, 1.807) is 11.1 Å². The molecule has 0 radical (unpaired) electrons. The van der Waals surface area contributed by atoms with Crippen molar-refractivity contribution >= 4 is 11.9 Å². The lowest BCUT2D eigenvalue weighted by molar-refractivity contribution is -0.117. The summed E-state index contributed by atoms with van der Waals surface area (Å²) in [7, 11) is 0. The molecular formula is C13H16N2O2. The Labute approximate surface area is 100 Å². The molecule has 0 bridgehead atoms. The highest BCUT2D eigenvalue weighted by atomic mass is 16.2. The normalized spacial score (nSPS) is 17.4. The number of carbonyl (C=O) groups is 2. The lowest BCUT2D eigenvalue weighted by Gasteiger charge is -2.13. The van der Waals surface area contributed by atoms with Gasteiger partial charge in [0.2, 0.25) is 5.91 Å². The Morgan fingerprint density at radius 1 is 0.941 bits per heavy atom. The van der Waals surface area contributed by atoms with Crippen molar-refractivity contribution in [3.05, 3.63) is 35.4 Å². The summed E-state index contributed by atoms with van der Waals surface area (Å²) in [6.45, 7) is 0.124. The molecule has 1 aliphatic carbocycles. The van der Waals surface area contributed by atoms with E-state index < -0.39 is 6.03 Å². The van der Waals surface area contributed by atoms with Crippen molar-refractivity contribution in [2.45, 2.75) is 25.7 Å². The summed E-state index contributed by atoms with van der Waals surface area (Å²) in [5, 5.41) is 4.30. The Morgan fingerprint density at radius 2 is 1.53 bits per heavy atom. The largest absolute Gasteiger partial charge is 0.329 e. The Morgan fingerprint density at radius 3 is 1.88 bits per heavy atom. The number of imide groups is 1. The van der Waals surface area contributed by atoms with E-state index in [2.05, 4.69) is 29.6 Å². The Balaban J connectivity index is 0.000000136. The first kappa shape index (κ1) is 11.6. The van der Waals surface area contributed by atoms with Gasteiger partial charge in [0.05, 0.1) is 6.54 Å². The van der Waals surface area contributed by atoms with Gasteiger partial charge in [-0.25, -0.2) is 4.79 Å². The fourth-order valence-corrected chi connectivity index (χ4v) is 2.05. The van der Waals surface area contributed by atoms with Crippen molar-refractivity contribution in [2.24, 2.45) is 0 Å². The van der Waals surface area contributed by atoms with E-state index in [-0.39, 0.29) is 12.5 Å². The van der Waals surface area contributed by atoms with Gasteiger partial charge in [-0.1, -0.05) is 24.3 Å². The lowest BCUT2D eigenvalue weighted by Crippen LogP contribution is -2.22. The van der Waals surface area contributed by atoms with Crippen LogP contribution in [0.15, 0.2) is 24.3 Å². The van der Waals surface area contributed by atoms with Crippen LogP contribution in [-0.4, -0.2) is 18.5 Å². The Kier molecular flexibility index (Phi) is 3.75. The molecule has 90 valence electrons. The number of amides is 3. The molecule has 1 aliphatic heterocycles. The minimum absolute atomic E-state index is 0.124. The van der Waals surface area contributed by atoms with E-state index in [4.69, 9.17) is 0 Å². The second-order valence-electron chi connectivity index (χ2n) is 4.21. The van der Waals surface area contributed by atoms with Crippen LogP contribution in [0.1, 0.15) is 24.0 Å². The maximum atomic E-state index is 10.1. The molecule has 0 spiro atoms. The maximum Gasteiger partial charge on any atom is 0.321 e. The zero-order chi connectivity index (χ0) is 12.1. The Bertz CT molecular complexity index is 390. The summed E-state index contributed by atoms with van der Waals surface area (Å²) in [5.74, 6) is -0.259. The molecule has 1 fully saturated rings. The van der Waals surface area contributed by atoms with Crippen molar-refractivity contribution in [1.82, 2.24) is 10.6 Å². The van der Waals surface area contributed by atoms with Crippen LogP contribution in [0.3, 0.4) is 0 Å². The molecule has 1 aromatic rings. The fraction of sp³-hybridized carbons (Fsp3) is 0.385. The molecule has 4 nitrogen and oxygen atoms in total. The standard InChI is InChI=1S/C10H12.C3H4N2O2/c1-2-6-10-8-4-3-7-9(10)5-1;6-2-1-4-3(7)5-2/h1-2,5-6H,3-4,7-8H2;1H2,(H2,4,5,6,7). The Hall–Kier alpha value is -1.84. The van der Waals surface area contributed by atoms with Crippen molar-refractivity contribution in [2.75, 3.05) is 6.54 Å². The van der Waals surface area contributed by atoms with Crippen molar-refractivity contribution in [3.63, 3.8) is 0 Å². The summed E-state index contributed by atoms with van der Waals surface area (Å²) >= 11 is 0. The molecule has 1 heterocycles. The predicted molar refractivity (Wildman–Crippen MR) is 64.6 cm³/mol. The van der Waals surface area contributed by atoms with Gasteiger partial charge < -0.3 is 5.32 Å². The van der Waals surface area contributed by atoms with Gasteiger partial charge in [0.1, 0.15) is 0 Å². The zero-order valence-corrected chi connectivity index (χ0v) is 9.66. The molecule has 3 rings (SSSR count). The zero-order valence-electron chi connectivity index (χ0n) is 9.66. The number of aryl methyl sites for hydroxylation is 2. The highest BCUT2D eigenvalue weighted by Gasteiger charge is 2.14. The van der Waals surface area contributed by atoms with E-state index in [1.807, 2.05) is 5.32 Å². The second kappa shape index (κ2) is 5.48. The van der Waals surface area contributed by atoms with Gasteiger partial charge in [-0.15, -0.1) is 0 Å². The van der Waals surface area contributed by atoms with E-state index in [0.29, 0.717) is 0 Å². The van der Waals surface area contributed by atoms with E-state index in [1.165, 1.54) is 25.7 Å². The SMILES string of the molecule is O=C1CNC(=O)N1.c1ccc2c(c1)CCCC2. The first-order chi connectivity index (χ1) is 8.25. The smallest absolute Gasteiger partial charge is 0.321 e. The lowest BCUT2D eigenvalue weighted by atomic mass is 9.92. The number of fused-ring (bicyclic) bond motifs is 1. The second-order valence-corrected chi connectivity index (χ2v) is 4.21. The molecule has 3 amide bonds. The van der Waals surface area contributed by atoms with Crippen LogP contribution >= 0.6 is 0 Å². The van der Waals surface area contributed by atoms with E-state index in [9.17, 15) is 9.59 Å². The van der Waals surface area contributed by atoms with Crippen LogP contribution in [0, 0.1) is 0 Å². The van der Waals surface area contributed by atoms with Crippen LogP contribution in [0.2, 0.25) is 0 Å². The molecule has 4 heteroatoms. The summed E-state index contributed by atoms with van der Waals surface area (Å²) in [4.78, 5) is 20.1. The highest BCUT2D eigenvalue weighted by molar-refractivity contribution is 6.01. The van der Waals surface area contributed by atoms with Crippen molar-refractivity contribution < 1.29 is 9.59 Å². The van der Waals surface area contributed by atoms with Gasteiger partial charge in [0.15, 0.2) is 0 Å². The molecule has 17 heavy (non-hydrogen) atoms. The molecule has 1 saturated heterocycles. The minimum Gasteiger partial charge on any atom is -0.329 e. The van der Waals surface area contributed by atoms with Crippen molar-refractivity contribution in [1.29, 1.82) is 0 Å². The summed E-state index contributed by atoms with van der Waals surface area (Å²) in [6, 6.07) is 8.40. The number of benzene rings is 1. The van der Waals surface area contributed by atoms with Gasteiger partial charge in [-0.2, -0.15) is 0 Å². The maximum absolute atomic E-state index is 10.1. The quantitative estimate of drug-likeness (QED) is 0.664. The summed E-state index contributed by atoms with van der Waals surface area (Å²) in [5.41, 5.74) is 3.16. The molecule has 0 atom stereocenters. The third kappa shape index (κ3) is 3.31. The van der Waals surface area contributed by atoms with E-state index in [0.717, 1.165) is 0 Å². The minimum atomic E-state index is -0.398. The predicted octanol–water partition coefficient (Wildman–Crippen LogP) is 1.39. The number of urea groups is 1. The van der Waals surface area contributed by atoms with Crippen LogP contribution in [0.5, 0.6) is 0 Å². The fourth-order valence-electron chi connectivity index (χ4n) is 2.05. The average molecular weight is 232 g/mol. The van der Waals surface area contributed by atoms with Crippen LogP contribution in [0.25, 0.3) is 0 Å². The number of carbonyl (C=O) groups excluding carboxylic acids is 2. The van der Waals surface area contributed by atoms with Crippen molar-refractivity contribution in [3.8, 4) is 0 Å².